The molecule has 2 heterocycles. The third-order valence-electron chi connectivity index (χ3n) is 4.94. The smallest absolute Gasteiger partial charge is 0.225 e. The zero-order valence-electron chi connectivity index (χ0n) is 13.1. The van der Waals surface area contributed by atoms with E-state index in [1.165, 1.54) is 19.3 Å². The summed E-state index contributed by atoms with van der Waals surface area (Å²) in [5.41, 5.74) is 0. The van der Waals surface area contributed by atoms with Gasteiger partial charge in [0.05, 0.1) is 0 Å². The van der Waals surface area contributed by atoms with E-state index in [1.54, 1.807) is 11.3 Å². The summed E-state index contributed by atoms with van der Waals surface area (Å²) in [4.78, 5) is 17.9. The third kappa shape index (κ3) is 3.89. The van der Waals surface area contributed by atoms with Crippen molar-refractivity contribution in [3.63, 3.8) is 0 Å². The van der Waals surface area contributed by atoms with Gasteiger partial charge in [0.15, 0.2) is 0 Å². The van der Waals surface area contributed by atoms with Crippen molar-refractivity contribution in [1.29, 1.82) is 0 Å². The highest BCUT2D eigenvalue weighted by atomic mass is 32.1. The second-order valence-corrected chi connectivity index (χ2v) is 7.47. The highest BCUT2D eigenvalue weighted by Gasteiger charge is 2.28. The second-order valence-electron chi connectivity index (χ2n) is 6.49. The number of aliphatic hydroxyl groups is 1. The summed E-state index contributed by atoms with van der Waals surface area (Å²) in [5.74, 6) is 0.648. The molecule has 0 radical (unpaired) electrons. The number of carbonyl (C=O) groups excluding carboxylic acids is 1. The van der Waals surface area contributed by atoms with Crippen LogP contribution < -0.4 is 0 Å². The van der Waals surface area contributed by atoms with E-state index in [2.05, 4.69) is 4.90 Å². The predicted octanol–water partition coefficient (Wildman–Crippen LogP) is 2.51. The average Bonchev–Trinajstić information content (AvgIpc) is 3.10. The van der Waals surface area contributed by atoms with E-state index in [-0.39, 0.29) is 5.92 Å². The Bertz CT molecular complexity index is 463. The van der Waals surface area contributed by atoms with Gasteiger partial charge in [0.25, 0.3) is 0 Å². The fraction of sp³-hybridized carbons (Fsp3) is 0.706. The lowest BCUT2D eigenvalue weighted by atomic mass is 9.88. The van der Waals surface area contributed by atoms with Crippen LogP contribution in [0.25, 0.3) is 0 Å². The number of carbonyl (C=O) groups is 1. The Morgan fingerprint density at radius 3 is 2.59 bits per heavy atom. The van der Waals surface area contributed by atoms with Crippen LogP contribution in [0.3, 0.4) is 0 Å². The van der Waals surface area contributed by atoms with Gasteiger partial charge in [-0.15, -0.1) is 11.3 Å². The molecular weight excluding hydrogens is 296 g/mol. The molecule has 22 heavy (non-hydrogen) atoms. The van der Waals surface area contributed by atoms with E-state index < -0.39 is 6.10 Å². The van der Waals surface area contributed by atoms with Crippen molar-refractivity contribution in [1.82, 2.24) is 9.80 Å². The van der Waals surface area contributed by atoms with Crippen LogP contribution in [-0.2, 0) is 4.79 Å². The maximum atomic E-state index is 12.5. The monoisotopic (exact) mass is 322 g/mol. The maximum absolute atomic E-state index is 12.5. The summed E-state index contributed by atoms with van der Waals surface area (Å²) in [7, 11) is 0. The Hall–Kier alpha value is -0.910. The highest BCUT2D eigenvalue weighted by Crippen LogP contribution is 2.26. The normalized spacial score (nSPS) is 22.7. The van der Waals surface area contributed by atoms with Crippen molar-refractivity contribution in [3.05, 3.63) is 22.4 Å². The van der Waals surface area contributed by atoms with Crippen LogP contribution in [0.4, 0.5) is 0 Å². The number of rotatable bonds is 4. The zero-order chi connectivity index (χ0) is 15.4. The first kappa shape index (κ1) is 16.0. The predicted molar refractivity (Wildman–Crippen MR) is 88.9 cm³/mol. The van der Waals surface area contributed by atoms with Crippen LogP contribution in [0.2, 0.25) is 0 Å². The highest BCUT2D eigenvalue weighted by molar-refractivity contribution is 7.10. The Labute approximate surface area is 136 Å². The number of hydrogen-bond donors (Lipinski definition) is 1. The minimum Gasteiger partial charge on any atom is -0.386 e. The number of hydrogen-bond acceptors (Lipinski definition) is 4. The fourth-order valence-corrected chi connectivity index (χ4v) is 4.28. The van der Waals surface area contributed by atoms with Gasteiger partial charge in [0, 0.05) is 43.5 Å². The van der Waals surface area contributed by atoms with Gasteiger partial charge in [-0.2, -0.15) is 0 Å². The lowest BCUT2D eigenvalue weighted by Crippen LogP contribution is -2.51. The first-order chi connectivity index (χ1) is 10.7. The molecule has 1 amide bonds. The molecule has 2 aliphatic rings. The van der Waals surface area contributed by atoms with Crippen LogP contribution in [0, 0.1) is 5.92 Å². The first-order valence-electron chi connectivity index (χ1n) is 8.46. The standard InChI is InChI=1S/C17H26N2O2S/c20-15(16-7-4-12-22-16)13-18-8-10-19(11-9-18)17(21)14-5-2-1-3-6-14/h4,7,12,14-15,20H,1-3,5-6,8-11,13H2. The Balaban J connectivity index is 1.44. The minimum atomic E-state index is -0.402. The Kier molecular flexibility index (Phi) is 5.50. The molecular formula is C17H26N2O2S. The second kappa shape index (κ2) is 7.57. The summed E-state index contributed by atoms with van der Waals surface area (Å²) in [5, 5.41) is 12.2. The molecule has 4 nitrogen and oxygen atoms in total. The van der Waals surface area contributed by atoms with Gasteiger partial charge >= 0.3 is 0 Å². The topological polar surface area (TPSA) is 43.8 Å². The Morgan fingerprint density at radius 2 is 1.95 bits per heavy atom. The van der Waals surface area contributed by atoms with E-state index in [4.69, 9.17) is 0 Å². The molecule has 1 saturated heterocycles. The number of thiophene rings is 1. The van der Waals surface area contributed by atoms with Gasteiger partial charge in [-0.3, -0.25) is 9.69 Å². The molecule has 1 aliphatic heterocycles. The summed E-state index contributed by atoms with van der Waals surface area (Å²) in [6, 6.07) is 3.96. The van der Waals surface area contributed by atoms with E-state index in [1.807, 2.05) is 22.4 Å². The molecule has 1 aliphatic carbocycles. The lowest BCUT2D eigenvalue weighted by molar-refractivity contribution is -0.138. The molecule has 1 unspecified atom stereocenters. The molecule has 2 fully saturated rings. The van der Waals surface area contributed by atoms with Crippen LogP contribution in [0.5, 0.6) is 0 Å². The van der Waals surface area contributed by atoms with Gasteiger partial charge in [-0.25, -0.2) is 0 Å². The van der Waals surface area contributed by atoms with Crippen molar-refractivity contribution in [2.24, 2.45) is 5.92 Å². The van der Waals surface area contributed by atoms with Crippen LogP contribution >= 0.6 is 11.3 Å². The Morgan fingerprint density at radius 1 is 1.23 bits per heavy atom. The van der Waals surface area contributed by atoms with Crippen molar-refractivity contribution in [3.8, 4) is 0 Å². The molecule has 0 spiro atoms. The summed E-state index contributed by atoms with van der Waals surface area (Å²) < 4.78 is 0. The minimum absolute atomic E-state index is 0.275. The number of nitrogens with zero attached hydrogens (tertiary/aromatic N) is 2. The summed E-state index contributed by atoms with van der Waals surface area (Å²) in [6.45, 7) is 4.05. The van der Waals surface area contributed by atoms with Gasteiger partial charge in [-0.05, 0) is 24.3 Å². The van der Waals surface area contributed by atoms with E-state index in [0.29, 0.717) is 12.5 Å². The largest absolute Gasteiger partial charge is 0.386 e. The molecule has 122 valence electrons. The lowest BCUT2D eigenvalue weighted by Gasteiger charge is -2.37. The molecule has 1 aromatic heterocycles. The van der Waals surface area contributed by atoms with Gasteiger partial charge in [0.1, 0.15) is 6.10 Å². The molecule has 1 N–H and O–H groups in total. The fourth-order valence-electron chi connectivity index (χ4n) is 3.57. The van der Waals surface area contributed by atoms with E-state index in [9.17, 15) is 9.90 Å². The van der Waals surface area contributed by atoms with Crippen molar-refractivity contribution in [2.45, 2.75) is 38.2 Å². The molecule has 0 bridgehead atoms. The molecule has 1 aromatic rings. The quantitative estimate of drug-likeness (QED) is 0.926. The maximum Gasteiger partial charge on any atom is 0.225 e. The van der Waals surface area contributed by atoms with Gasteiger partial charge in [0.2, 0.25) is 5.91 Å². The third-order valence-corrected chi connectivity index (χ3v) is 5.91. The van der Waals surface area contributed by atoms with Crippen molar-refractivity contribution >= 4 is 17.2 Å². The number of aliphatic hydroxyl groups excluding tert-OH is 1. The van der Waals surface area contributed by atoms with Crippen LogP contribution in [0.15, 0.2) is 17.5 Å². The summed E-state index contributed by atoms with van der Waals surface area (Å²) in [6.07, 6.45) is 5.47. The van der Waals surface area contributed by atoms with Crippen molar-refractivity contribution in [2.75, 3.05) is 32.7 Å². The summed E-state index contributed by atoms with van der Waals surface area (Å²) >= 11 is 1.60. The zero-order valence-corrected chi connectivity index (χ0v) is 13.9. The number of piperazine rings is 1. The molecule has 3 rings (SSSR count). The SMILES string of the molecule is O=C(C1CCCCC1)N1CCN(CC(O)c2cccs2)CC1. The van der Waals surface area contributed by atoms with E-state index >= 15 is 0 Å². The molecule has 5 heteroatoms. The molecule has 1 saturated carbocycles. The van der Waals surface area contributed by atoms with E-state index in [0.717, 1.165) is 43.9 Å². The van der Waals surface area contributed by atoms with Crippen LogP contribution in [-0.4, -0.2) is 53.5 Å². The molecule has 1 atom stereocenters. The van der Waals surface area contributed by atoms with Gasteiger partial charge < -0.3 is 10.0 Å². The number of β-amino-alcohol motifs (C(OH)–C–C–N with tert-alkyl or cyclic N) is 1. The average molecular weight is 322 g/mol. The first-order valence-corrected chi connectivity index (χ1v) is 9.34. The van der Waals surface area contributed by atoms with Crippen LogP contribution in [0.1, 0.15) is 43.1 Å². The van der Waals surface area contributed by atoms with Gasteiger partial charge in [-0.1, -0.05) is 25.3 Å². The molecule has 0 aromatic carbocycles. The van der Waals surface area contributed by atoms with Crippen molar-refractivity contribution < 1.29 is 9.90 Å². The number of amides is 1.